The van der Waals surface area contributed by atoms with Crippen LogP contribution in [0.5, 0.6) is 0 Å². The van der Waals surface area contributed by atoms with Gasteiger partial charge in [-0.25, -0.2) is 12.8 Å². The van der Waals surface area contributed by atoms with Crippen molar-refractivity contribution in [3.05, 3.63) is 28.0 Å². The number of nitrogens with one attached hydrogen (secondary N) is 1. The van der Waals surface area contributed by atoms with Crippen molar-refractivity contribution >= 4 is 41.6 Å². The molecular formula is C13H14BrClFNO3S. The standard InChI is InChI=1S/C13H14BrClFNO3S/c1-7(4-8-2-3-8)17-13(18)10-5-9(14)6-11(12(10)16)21(15,19)20/h5-8H,2-4H2,1H3,(H,17,18). The van der Waals surface area contributed by atoms with E-state index in [1.54, 1.807) is 0 Å². The van der Waals surface area contributed by atoms with Gasteiger partial charge in [-0.2, -0.15) is 0 Å². The largest absolute Gasteiger partial charge is 0.349 e. The van der Waals surface area contributed by atoms with Crippen molar-refractivity contribution in [1.82, 2.24) is 5.32 Å². The highest BCUT2D eigenvalue weighted by molar-refractivity contribution is 9.10. The Morgan fingerprint density at radius 3 is 2.67 bits per heavy atom. The van der Waals surface area contributed by atoms with Crippen LogP contribution in [0, 0.1) is 11.7 Å². The molecule has 0 aromatic heterocycles. The number of rotatable bonds is 5. The lowest BCUT2D eigenvalue weighted by molar-refractivity contribution is 0.0932. The number of carbonyl (C=O) groups excluding carboxylic acids is 1. The number of benzene rings is 1. The molecule has 8 heteroatoms. The second kappa shape index (κ2) is 6.22. The molecule has 1 aromatic rings. The lowest BCUT2D eigenvalue weighted by Gasteiger charge is -2.14. The second-order valence-electron chi connectivity index (χ2n) is 5.26. The molecule has 2 rings (SSSR count). The quantitative estimate of drug-likeness (QED) is 0.773. The van der Waals surface area contributed by atoms with E-state index in [-0.39, 0.29) is 16.1 Å². The Morgan fingerprint density at radius 2 is 2.14 bits per heavy atom. The molecule has 0 spiro atoms. The van der Waals surface area contributed by atoms with E-state index in [1.165, 1.54) is 6.07 Å². The maximum atomic E-state index is 14.2. The molecule has 1 amide bonds. The van der Waals surface area contributed by atoms with E-state index in [0.29, 0.717) is 5.92 Å². The molecule has 1 aromatic carbocycles. The number of hydrogen-bond donors (Lipinski definition) is 1. The van der Waals surface area contributed by atoms with Crippen LogP contribution >= 0.6 is 26.6 Å². The highest BCUT2D eigenvalue weighted by Crippen LogP contribution is 2.33. The van der Waals surface area contributed by atoms with Crippen molar-refractivity contribution in [1.29, 1.82) is 0 Å². The van der Waals surface area contributed by atoms with Crippen LogP contribution in [0.4, 0.5) is 4.39 Å². The molecule has 0 radical (unpaired) electrons. The summed E-state index contributed by atoms with van der Waals surface area (Å²) in [5.41, 5.74) is -0.341. The maximum absolute atomic E-state index is 14.2. The SMILES string of the molecule is CC(CC1CC1)NC(=O)c1cc(Br)cc(S(=O)(=O)Cl)c1F. The zero-order valence-corrected chi connectivity index (χ0v) is 14.4. The van der Waals surface area contributed by atoms with Crippen molar-refractivity contribution in [3.8, 4) is 0 Å². The van der Waals surface area contributed by atoms with Gasteiger partial charge in [0.15, 0.2) is 5.82 Å². The van der Waals surface area contributed by atoms with Gasteiger partial charge in [0, 0.05) is 21.2 Å². The topological polar surface area (TPSA) is 63.2 Å². The van der Waals surface area contributed by atoms with Gasteiger partial charge in [-0.05, 0) is 31.4 Å². The molecule has 1 unspecified atom stereocenters. The molecule has 1 saturated carbocycles. The number of hydrogen-bond acceptors (Lipinski definition) is 3. The van der Waals surface area contributed by atoms with E-state index < -0.39 is 25.7 Å². The number of carbonyl (C=O) groups is 1. The van der Waals surface area contributed by atoms with Crippen molar-refractivity contribution in [2.75, 3.05) is 0 Å². The fraction of sp³-hybridized carbons (Fsp3) is 0.462. The monoisotopic (exact) mass is 397 g/mol. The van der Waals surface area contributed by atoms with Crippen molar-refractivity contribution in [3.63, 3.8) is 0 Å². The first-order valence-corrected chi connectivity index (χ1v) is 9.53. The van der Waals surface area contributed by atoms with Crippen LogP contribution in [0.15, 0.2) is 21.5 Å². The molecule has 0 saturated heterocycles. The normalized spacial score (nSPS) is 16.6. The number of amides is 1. The summed E-state index contributed by atoms with van der Waals surface area (Å²) in [6.45, 7) is 1.84. The minimum Gasteiger partial charge on any atom is -0.349 e. The van der Waals surface area contributed by atoms with E-state index >= 15 is 0 Å². The van der Waals surface area contributed by atoms with Crippen LogP contribution in [0.25, 0.3) is 0 Å². The molecule has 116 valence electrons. The van der Waals surface area contributed by atoms with Gasteiger partial charge in [-0.3, -0.25) is 4.79 Å². The second-order valence-corrected chi connectivity index (χ2v) is 8.71. The van der Waals surface area contributed by atoms with Gasteiger partial charge >= 0.3 is 0 Å². The Morgan fingerprint density at radius 1 is 1.52 bits per heavy atom. The van der Waals surface area contributed by atoms with Gasteiger partial charge in [-0.1, -0.05) is 28.8 Å². The van der Waals surface area contributed by atoms with Crippen LogP contribution in [-0.2, 0) is 9.05 Å². The van der Waals surface area contributed by atoms with Gasteiger partial charge in [0.1, 0.15) is 4.90 Å². The molecule has 0 heterocycles. The molecule has 0 bridgehead atoms. The fourth-order valence-corrected chi connectivity index (χ4v) is 3.66. The summed E-state index contributed by atoms with van der Waals surface area (Å²) in [6.07, 6.45) is 3.14. The lowest BCUT2D eigenvalue weighted by Crippen LogP contribution is -2.33. The molecule has 1 N–H and O–H groups in total. The van der Waals surface area contributed by atoms with Gasteiger partial charge in [0.05, 0.1) is 5.56 Å². The first-order valence-electron chi connectivity index (χ1n) is 6.43. The average molecular weight is 399 g/mol. The van der Waals surface area contributed by atoms with Crippen LogP contribution in [0.1, 0.15) is 36.5 Å². The highest BCUT2D eigenvalue weighted by Gasteiger charge is 2.27. The van der Waals surface area contributed by atoms with Crippen molar-refractivity contribution in [2.45, 2.75) is 37.1 Å². The van der Waals surface area contributed by atoms with Gasteiger partial charge in [-0.15, -0.1) is 0 Å². The van der Waals surface area contributed by atoms with Gasteiger partial charge < -0.3 is 5.32 Å². The fourth-order valence-electron chi connectivity index (χ4n) is 2.12. The zero-order valence-electron chi connectivity index (χ0n) is 11.2. The average Bonchev–Trinajstić information content (AvgIpc) is 3.13. The predicted molar refractivity (Wildman–Crippen MR) is 81.4 cm³/mol. The van der Waals surface area contributed by atoms with E-state index in [4.69, 9.17) is 10.7 Å². The number of halogens is 3. The van der Waals surface area contributed by atoms with Gasteiger partial charge in [0.2, 0.25) is 0 Å². The van der Waals surface area contributed by atoms with E-state index in [2.05, 4.69) is 21.2 Å². The third-order valence-electron chi connectivity index (χ3n) is 3.27. The first-order chi connectivity index (χ1) is 9.68. The minimum atomic E-state index is -4.26. The molecule has 1 atom stereocenters. The minimum absolute atomic E-state index is 0.0977. The van der Waals surface area contributed by atoms with Crippen LogP contribution in [-0.4, -0.2) is 20.4 Å². The lowest BCUT2D eigenvalue weighted by atomic mass is 10.1. The Kier molecular flexibility index (Phi) is 4.95. The van der Waals surface area contributed by atoms with Crippen LogP contribution in [0.3, 0.4) is 0 Å². The zero-order chi connectivity index (χ0) is 15.8. The van der Waals surface area contributed by atoms with Crippen LogP contribution < -0.4 is 5.32 Å². The summed E-state index contributed by atoms with van der Waals surface area (Å²) in [7, 11) is 0.913. The molecule has 0 aliphatic heterocycles. The van der Waals surface area contributed by atoms with E-state index in [0.717, 1.165) is 25.3 Å². The Bertz CT molecular complexity index is 676. The smallest absolute Gasteiger partial charge is 0.264 e. The summed E-state index contributed by atoms with van der Waals surface area (Å²) in [5, 5.41) is 2.68. The van der Waals surface area contributed by atoms with Crippen LogP contribution in [0.2, 0.25) is 0 Å². The molecule has 4 nitrogen and oxygen atoms in total. The Labute approximate surface area is 135 Å². The molecule has 1 aliphatic rings. The van der Waals surface area contributed by atoms with E-state index in [9.17, 15) is 17.6 Å². The summed E-state index contributed by atoms with van der Waals surface area (Å²) in [4.78, 5) is 11.4. The molecule has 21 heavy (non-hydrogen) atoms. The summed E-state index contributed by atoms with van der Waals surface area (Å²) < 4.78 is 37.1. The first kappa shape index (κ1) is 16.7. The molecule has 1 fully saturated rings. The van der Waals surface area contributed by atoms with Crippen molar-refractivity contribution < 1.29 is 17.6 Å². The highest BCUT2D eigenvalue weighted by atomic mass is 79.9. The predicted octanol–water partition coefficient (Wildman–Crippen LogP) is 3.43. The third kappa shape index (κ3) is 4.40. The summed E-state index contributed by atoms with van der Waals surface area (Å²) in [6, 6.07) is 2.17. The van der Waals surface area contributed by atoms with Crippen molar-refractivity contribution in [2.24, 2.45) is 5.92 Å². The summed E-state index contributed by atoms with van der Waals surface area (Å²) in [5.74, 6) is -1.17. The Hall–Kier alpha value is -0.660. The molecular weight excluding hydrogens is 385 g/mol. The molecule has 1 aliphatic carbocycles. The summed E-state index contributed by atoms with van der Waals surface area (Å²) >= 11 is 3.05. The van der Waals surface area contributed by atoms with Gasteiger partial charge in [0.25, 0.3) is 15.0 Å². The van der Waals surface area contributed by atoms with E-state index in [1.807, 2.05) is 6.92 Å². The Balaban J connectivity index is 2.25. The third-order valence-corrected chi connectivity index (χ3v) is 5.05. The maximum Gasteiger partial charge on any atom is 0.264 e.